The first-order chi connectivity index (χ1) is 13.5. The number of allylic oxidation sites excluding steroid dienone is 3. The van der Waals surface area contributed by atoms with E-state index < -0.39 is 0 Å². The van der Waals surface area contributed by atoms with Crippen molar-refractivity contribution < 1.29 is 0 Å². The van der Waals surface area contributed by atoms with Crippen LogP contribution in [0, 0.1) is 29.6 Å². The third kappa shape index (κ3) is 2.58. The first-order valence-corrected chi connectivity index (χ1v) is 8.82. The van der Waals surface area contributed by atoms with E-state index in [1.54, 1.807) is 0 Å². The number of hydrogen-bond acceptors (Lipinski definition) is 4. The molecule has 0 saturated heterocycles. The first kappa shape index (κ1) is 17.3. The van der Waals surface area contributed by atoms with E-state index >= 15 is 0 Å². The standard InChI is InChI=1S/C23H17N5/c1-14-18(10-16-8-9-28(13-16)17-6-4-3-5-7-17)21-15(2)20(12-25)23(26)27-22(21)19(14)11-24/h3-10,13H,1-2H3,(H2,26,27)/b18-10+. The van der Waals surface area contributed by atoms with Crippen LogP contribution in [0.5, 0.6) is 0 Å². The molecule has 4 rings (SSSR count). The van der Waals surface area contributed by atoms with Crippen LogP contribution in [0.3, 0.4) is 0 Å². The summed E-state index contributed by atoms with van der Waals surface area (Å²) < 4.78 is 2.04. The van der Waals surface area contributed by atoms with Gasteiger partial charge in [0.15, 0.2) is 0 Å². The number of fused-ring (bicyclic) bond motifs is 1. The predicted molar refractivity (Wildman–Crippen MR) is 110 cm³/mol. The van der Waals surface area contributed by atoms with Crippen LogP contribution in [0.1, 0.15) is 34.9 Å². The number of nitrogens with zero attached hydrogens (tertiary/aromatic N) is 4. The van der Waals surface area contributed by atoms with Crippen molar-refractivity contribution in [1.29, 1.82) is 10.5 Å². The third-order valence-electron chi connectivity index (χ3n) is 5.07. The van der Waals surface area contributed by atoms with E-state index in [2.05, 4.69) is 17.1 Å². The molecule has 0 atom stereocenters. The topological polar surface area (TPSA) is 91.4 Å². The number of anilines is 1. The molecule has 2 aromatic heterocycles. The van der Waals surface area contributed by atoms with Gasteiger partial charge in [-0.3, -0.25) is 0 Å². The second kappa shape index (κ2) is 6.57. The highest BCUT2D eigenvalue weighted by Gasteiger charge is 2.29. The van der Waals surface area contributed by atoms with Gasteiger partial charge in [-0.15, -0.1) is 0 Å². The van der Waals surface area contributed by atoms with Gasteiger partial charge in [-0.05, 0) is 60.4 Å². The van der Waals surface area contributed by atoms with Crippen LogP contribution in [-0.4, -0.2) is 9.55 Å². The fourth-order valence-corrected chi connectivity index (χ4v) is 3.62. The molecule has 2 N–H and O–H groups in total. The van der Waals surface area contributed by atoms with Gasteiger partial charge >= 0.3 is 0 Å². The van der Waals surface area contributed by atoms with Crippen molar-refractivity contribution in [2.45, 2.75) is 13.8 Å². The quantitative estimate of drug-likeness (QED) is 0.726. The fourth-order valence-electron chi connectivity index (χ4n) is 3.62. The minimum absolute atomic E-state index is 0.163. The maximum Gasteiger partial charge on any atom is 0.142 e. The highest BCUT2D eigenvalue weighted by atomic mass is 14.9. The van der Waals surface area contributed by atoms with Gasteiger partial charge in [0.05, 0.1) is 16.8 Å². The lowest BCUT2D eigenvalue weighted by Gasteiger charge is -2.10. The summed E-state index contributed by atoms with van der Waals surface area (Å²) in [6.45, 7) is 3.76. The van der Waals surface area contributed by atoms with Gasteiger partial charge in [-0.1, -0.05) is 18.2 Å². The molecule has 134 valence electrons. The van der Waals surface area contributed by atoms with Gasteiger partial charge in [0.2, 0.25) is 0 Å². The normalized spacial score (nSPS) is 14.1. The minimum Gasteiger partial charge on any atom is -0.383 e. The highest BCUT2D eigenvalue weighted by Crippen LogP contribution is 2.44. The van der Waals surface area contributed by atoms with E-state index in [9.17, 15) is 10.5 Å². The maximum atomic E-state index is 9.64. The molecule has 0 bridgehead atoms. The molecular formula is C23H17N5. The Labute approximate surface area is 163 Å². The number of nitrogen functional groups attached to an aromatic ring is 1. The zero-order chi connectivity index (χ0) is 19.8. The van der Waals surface area contributed by atoms with Crippen molar-refractivity contribution in [2.75, 3.05) is 5.73 Å². The molecule has 1 aliphatic rings. The largest absolute Gasteiger partial charge is 0.383 e. The number of benzene rings is 1. The summed E-state index contributed by atoms with van der Waals surface area (Å²) >= 11 is 0. The number of nitrogens with two attached hydrogens (primary N) is 1. The van der Waals surface area contributed by atoms with Gasteiger partial charge in [0, 0.05) is 23.6 Å². The molecule has 0 aliphatic heterocycles. The second-order valence-electron chi connectivity index (χ2n) is 6.69. The average Bonchev–Trinajstić information content (AvgIpc) is 3.26. The maximum absolute atomic E-state index is 9.64. The van der Waals surface area contributed by atoms with Crippen LogP contribution in [-0.2, 0) is 0 Å². The summed E-state index contributed by atoms with van der Waals surface area (Å²) in [6, 6.07) is 16.4. The molecule has 0 radical (unpaired) electrons. The lowest BCUT2D eigenvalue weighted by atomic mass is 9.96. The van der Waals surface area contributed by atoms with Crippen molar-refractivity contribution >= 4 is 23.0 Å². The molecule has 5 heteroatoms. The number of nitriles is 2. The third-order valence-corrected chi connectivity index (χ3v) is 5.07. The summed E-state index contributed by atoms with van der Waals surface area (Å²) in [7, 11) is 0. The average molecular weight is 363 g/mol. The molecule has 0 unspecified atom stereocenters. The minimum atomic E-state index is 0.163. The summed E-state index contributed by atoms with van der Waals surface area (Å²) in [5.41, 5.74) is 12.7. The fraction of sp³-hybridized carbons (Fsp3) is 0.0870. The number of hydrogen-bond donors (Lipinski definition) is 1. The van der Waals surface area contributed by atoms with E-state index in [1.165, 1.54) is 0 Å². The van der Waals surface area contributed by atoms with Crippen molar-refractivity contribution in [3.8, 4) is 17.8 Å². The second-order valence-corrected chi connectivity index (χ2v) is 6.69. The number of para-hydroxylation sites is 1. The summed E-state index contributed by atoms with van der Waals surface area (Å²) in [6.07, 6.45) is 6.06. The summed E-state index contributed by atoms with van der Waals surface area (Å²) in [5.74, 6) is 0.163. The van der Waals surface area contributed by atoms with E-state index in [-0.39, 0.29) is 5.82 Å². The molecule has 28 heavy (non-hydrogen) atoms. The summed E-state index contributed by atoms with van der Waals surface area (Å²) in [4.78, 5) is 4.36. The lowest BCUT2D eigenvalue weighted by molar-refractivity contribution is 1.08. The predicted octanol–water partition coefficient (Wildman–Crippen LogP) is 4.49. The first-order valence-electron chi connectivity index (χ1n) is 8.82. The van der Waals surface area contributed by atoms with Crippen molar-refractivity contribution in [1.82, 2.24) is 9.55 Å². The molecule has 1 aromatic carbocycles. The van der Waals surface area contributed by atoms with Gasteiger partial charge in [-0.25, -0.2) is 4.98 Å². The van der Waals surface area contributed by atoms with Crippen LogP contribution in [0.15, 0.2) is 54.4 Å². The molecule has 0 fully saturated rings. The molecule has 1 aliphatic carbocycles. The van der Waals surface area contributed by atoms with Crippen molar-refractivity contribution in [3.05, 3.63) is 82.3 Å². The number of rotatable bonds is 2. The van der Waals surface area contributed by atoms with Crippen molar-refractivity contribution in [2.24, 2.45) is 0 Å². The van der Waals surface area contributed by atoms with Crippen LogP contribution in [0.2, 0.25) is 0 Å². The van der Waals surface area contributed by atoms with Crippen LogP contribution < -0.4 is 5.73 Å². The summed E-state index contributed by atoms with van der Waals surface area (Å²) in [5, 5.41) is 19.1. The monoisotopic (exact) mass is 363 g/mol. The Hall–Kier alpha value is -4.09. The van der Waals surface area contributed by atoms with Gasteiger partial charge in [0.1, 0.15) is 18.0 Å². The molecule has 2 heterocycles. The Kier molecular flexibility index (Phi) is 4.07. The highest BCUT2D eigenvalue weighted by molar-refractivity contribution is 6.08. The SMILES string of the molecule is CC1=C(C#N)c2nc(N)c(C#N)c(C)c2/C1=C/c1ccn(-c2ccccc2)c1. The molecule has 5 nitrogen and oxygen atoms in total. The van der Waals surface area contributed by atoms with Crippen LogP contribution in [0.25, 0.3) is 22.9 Å². The van der Waals surface area contributed by atoms with E-state index in [4.69, 9.17) is 5.73 Å². The molecule has 0 amide bonds. The van der Waals surface area contributed by atoms with E-state index in [0.29, 0.717) is 16.8 Å². The van der Waals surface area contributed by atoms with Crippen molar-refractivity contribution in [3.63, 3.8) is 0 Å². The molecule has 3 aromatic rings. The van der Waals surface area contributed by atoms with Gasteiger partial charge in [-0.2, -0.15) is 10.5 Å². The van der Waals surface area contributed by atoms with Gasteiger partial charge in [0.25, 0.3) is 0 Å². The van der Waals surface area contributed by atoms with Crippen LogP contribution >= 0.6 is 0 Å². The van der Waals surface area contributed by atoms with E-state index in [0.717, 1.165) is 33.5 Å². The Morgan fingerprint density at radius 2 is 1.82 bits per heavy atom. The molecule has 0 saturated carbocycles. The Morgan fingerprint density at radius 1 is 1.07 bits per heavy atom. The number of aromatic nitrogens is 2. The molecule has 0 spiro atoms. The Balaban J connectivity index is 1.88. The lowest BCUT2D eigenvalue weighted by Crippen LogP contribution is -2.03. The number of pyridine rings is 1. The zero-order valence-corrected chi connectivity index (χ0v) is 15.6. The van der Waals surface area contributed by atoms with Crippen LogP contribution in [0.4, 0.5) is 5.82 Å². The Bertz CT molecular complexity index is 1240. The van der Waals surface area contributed by atoms with E-state index in [1.807, 2.05) is 73.3 Å². The Morgan fingerprint density at radius 3 is 2.50 bits per heavy atom. The molecular weight excluding hydrogens is 346 g/mol. The zero-order valence-electron chi connectivity index (χ0n) is 15.6. The van der Waals surface area contributed by atoms with Gasteiger partial charge < -0.3 is 10.3 Å². The smallest absolute Gasteiger partial charge is 0.142 e.